The maximum atomic E-state index is 2.44. The quantitative estimate of drug-likeness (QED) is 0.163. The first-order chi connectivity index (χ1) is 28.7. The Hall–Kier alpha value is -6.78. The summed E-state index contributed by atoms with van der Waals surface area (Å²) in [6, 6.07) is 78.8. The maximum absolute atomic E-state index is 2.44. The zero-order valence-corrected chi connectivity index (χ0v) is 33.1. The van der Waals surface area contributed by atoms with Gasteiger partial charge in [-0.3, -0.25) is 0 Å². The fraction of sp³-hybridized carbons (Fsp3) is 0.0182. The van der Waals surface area contributed by atoms with Gasteiger partial charge in [-0.05, 0) is 105 Å². The number of benzene rings is 9. The second-order valence-electron chi connectivity index (χ2n) is 15.2. The lowest BCUT2D eigenvalue weighted by atomic mass is 9.68. The van der Waals surface area contributed by atoms with Crippen molar-refractivity contribution in [1.29, 1.82) is 0 Å². The van der Waals surface area contributed by atoms with Gasteiger partial charge in [0, 0.05) is 57.4 Å². The summed E-state index contributed by atoms with van der Waals surface area (Å²) in [6.07, 6.45) is 0. The van der Waals surface area contributed by atoms with E-state index in [9.17, 15) is 0 Å². The number of nitrogens with zero attached hydrogens (tertiary/aromatic N) is 1. The molecule has 0 fully saturated rings. The summed E-state index contributed by atoms with van der Waals surface area (Å²) in [4.78, 5) is 2.44. The van der Waals surface area contributed by atoms with Crippen LogP contribution in [0.25, 0.3) is 62.6 Å². The van der Waals surface area contributed by atoms with E-state index in [2.05, 4.69) is 217 Å². The van der Waals surface area contributed by atoms with E-state index in [0.29, 0.717) is 0 Å². The fourth-order valence-corrected chi connectivity index (χ4v) is 11.8. The lowest BCUT2D eigenvalue weighted by molar-refractivity contribution is 0.768. The molecule has 3 heteroatoms. The van der Waals surface area contributed by atoms with Gasteiger partial charge in [0.15, 0.2) is 0 Å². The van der Waals surface area contributed by atoms with Crippen LogP contribution in [0.5, 0.6) is 0 Å². The first-order valence-corrected chi connectivity index (χ1v) is 21.5. The normalized spacial score (nSPS) is 13.0. The van der Waals surface area contributed by atoms with Crippen LogP contribution in [-0.2, 0) is 5.41 Å². The van der Waals surface area contributed by atoms with Crippen molar-refractivity contribution in [3.63, 3.8) is 0 Å². The average molecular weight is 774 g/mol. The van der Waals surface area contributed by atoms with Crippen molar-refractivity contribution < 1.29 is 0 Å². The van der Waals surface area contributed by atoms with Crippen LogP contribution >= 0.6 is 22.7 Å². The van der Waals surface area contributed by atoms with Gasteiger partial charge >= 0.3 is 0 Å². The van der Waals surface area contributed by atoms with Gasteiger partial charge in [0.1, 0.15) is 0 Å². The van der Waals surface area contributed by atoms with Crippen molar-refractivity contribution in [2.75, 3.05) is 4.90 Å². The van der Waals surface area contributed by atoms with Crippen LogP contribution in [0.2, 0.25) is 0 Å². The Morgan fingerprint density at radius 3 is 1.57 bits per heavy atom. The van der Waals surface area contributed by atoms with Crippen LogP contribution in [-0.4, -0.2) is 0 Å². The number of hydrogen-bond donors (Lipinski definition) is 0. The molecule has 0 bridgehead atoms. The number of thiophene rings is 2. The van der Waals surface area contributed by atoms with Gasteiger partial charge in [-0.15, -0.1) is 22.7 Å². The summed E-state index contributed by atoms with van der Waals surface area (Å²) >= 11 is 3.73. The van der Waals surface area contributed by atoms with Crippen molar-refractivity contribution in [2.24, 2.45) is 0 Å². The highest BCUT2D eigenvalue weighted by molar-refractivity contribution is 7.26. The first kappa shape index (κ1) is 33.4. The Labute approximate surface area is 345 Å². The predicted octanol–water partition coefficient (Wildman–Crippen LogP) is 15.9. The van der Waals surface area contributed by atoms with Crippen molar-refractivity contribution in [3.8, 4) is 22.3 Å². The van der Waals surface area contributed by atoms with E-state index < -0.39 is 5.41 Å². The van der Waals surface area contributed by atoms with Crippen molar-refractivity contribution >= 4 is 80.1 Å². The summed E-state index contributed by atoms with van der Waals surface area (Å²) in [7, 11) is 0. The predicted molar refractivity (Wildman–Crippen MR) is 250 cm³/mol. The molecule has 2 heterocycles. The van der Waals surface area contributed by atoms with Crippen molar-refractivity contribution in [3.05, 3.63) is 235 Å². The van der Waals surface area contributed by atoms with E-state index in [4.69, 9.17) is 0 Å². The van der Waals surface area contributed by atoms with Gasteiger partial charge in [0.2, 0.25) is 0 Å². The van der Waals surface area contributed by atoms with Crippen LogP contribution in [0.3, 0.4) is 0 Å². The lowest BCUT2D eigenvalue weighted by Crippen LogP contribution is -2.28. The van der Waals surface area contributed by atoms with E-state index in [1.807, 2.05) is 22.7 Å². The van der Waals surface area contributed by atoms with Gasteiger partial charge in [0.25, 0.3) is 0 Å². The zero-order valence-electron chi connectivity index (χ0n) is 31.5. The van der Waals surface area contributed by atoms with Crippen LogP contribution in [0.4, 0.5) is 17.1 Å². The van der Waals surface area contributed by atoms with E-state index in [0.717, 1.165) is 17.1 Å². The second kappa shape index (κ2) is 13.1. The van der Waals surface area contributed by atoms with Gasteiger partial charge in [0.05, 0.1) is 5.41 Å². The highest BCUT2D eigenvalue weighted by atomic mass is 32.1. The largest absolute Gasteiger partial charge is 0.310 e. The van der Waals surface area contributed by atoms with Crippen LogP contribution in [0.15, 0.2) is 212 Å². The van der Waals surface area contributed by atoms with Crippen molar-refractivity contribution in [2.45, 2.75) is 5.41 Å². The summed E-state index contributed by atoms with van der Waals surface area (Å²) in [5, 5.41) is 5.24. The fourth-order valence-electron chi connectivity index (χ4n) is 9.58. The number of fused-ring (bicyclic) bond motifs is 9. The molecule has 0 saturated heterocycles. The molecular formula is C55H35NS2. The molecule has 0 saturated carbocycles. The molecule has 1 nitrogen and oxygen atoms in total. The molecule has 0 amide bonds. The molecule has 9 aromatic carbocycles. The SMILES string of the molecule is c1ccc(C2(c3ccccc3)c3ccccc3-c3cc(N(c4ccc(-c5ccc6c(c5)sc5ccccc56)cc4)c4ccc5sc6ccccc6c5c4)ccc32)cc1. The molecule has 58 heavy (non-hydrogen) atoms. The second-order valence-corrected chi connectivity index (χ2v) is 17.4. The molecule has 1 aliphatic carbocycles. The molecule has 11 aromatic rings. The molecule has 0 atom stereocenters. The van der Waals surface area contributed by atoms with Crippen LogP contribution in [0, 0.1) is 0 Å². The number of hydrogen-bond acceptors (Lipinski definition) is 3. The molecular weight excluding hydrogens is 739 g/mol. The van der Waals surface area contributed by atoms with E-state index in [1.165, 1.54) is 84.9 Å². The third-order valence-electron chi connectivity index (χ3n) is 12.2. The van der Waals surface area contributed by atoms with Gasteiger partial charge in [-0.1, -0.05) is 152 Å². The van der Waals surface area contributed by atoms with Gasteiger partial charge in [-0.2, -0.15) is 0 Å². The topological polar surface area (TPSA) is 3.24 Å². The minimum Gasteiger partial charge on any atom is -0.310 e. The lowest BCUT2D eigenvalue weighted by Gasteiger charge is -2.34. The van der Waals surface area contributed by atoms with Crippen molar-refractivity contribution in [1.82, 2.24) is 0 Å². The summed E-state index contributed by atoms with van der Waals surface area (Å²) < 4.78 is 5.27. The zero-order chi connectivity index (χ0) is 38.2. The minimum atomic E-state index is -0.441. The van der Waals surface area contributed by atoms with Gasteiger partial charge < -0.3 is 4.90 Å². The Kier molecular flexibility index (Phi) is 7.56. The number of rotatable bonds is 6. The molecule has 0 N–H and O–H groups in total. The summed E-state index contributed by atoms with van der Waals surface area (Å²) in [6.45, 7) is 0. The Morgan fingerprint density at radius 1 is 0.310 bits per heavy atom. The molecule has 1 aliphatic rings. The Balaban J connectivity index is 1.04. The van der Waals surface area contributed by atoms with E-state index in [1.54, 1.807) is 0 Å². The summed E-state index contributed by atoms with van der Waals surface area (Å²) in [5.74, 6) is 0. The molecule has 12 rings (SSSR count). The minimum absolute atomic E-state index is 0.441. The van der Waals surface area contributed by atoms with E-state index >= 15 is 0 Å². The Bertz CT molecular complexity index is 3300. The molecule has 0 aliphatic heterocycles. The smallest absolute Gasteiger partial charge is 0.0713 e. The Morgan fingerprint density at radius 2 is 0.828 bits per heavy atom. The third kappa shape index (κ3) is 5.00. The highest BCUT2D eigenvalue weighted by Gasteiger charge is 2.46. The molecule has 0 unspecified atom stereocenters. The third-order valence-corrected chi connectivity index (χ3v) is 14.4. The monoisotopic (exact) mass is 773 g/mol. The van der Waals surface area contributed by atoms with Crippen LogP contribution in [0.1, 0.15) is 22.3 Å². The first-order valence-electron chi connectivity index (χ1n) is 19.8. The van der Waals surface area contributed by atoms with E-state index in [-0.39, 0.29) is 0 Å². The van der Waals surface area contributed by atoms with Gasteiger partial charge in [-0.25, -0.2) is 0 Å². The average Bonchev–Trinajstić information content (AvgIpc) is 3.95. The molecule has 2 aromatic heterocycles. The molecule has 0 spiro atoms. The maximum Gasteiger partial charge on any atom is 0.0713 e. The standard InChI is InChI=1S/C55H35NS2/c1-3-13-38(14-4-1)55(39-15-5-2-6-16-39)49-20-10-7-17-43(49)47-34-41(28-31-50(47)55)56(42-29-32-53-48(35-42)45-19-9-12-22-52(45)57-53)40-26-23-36(24-27-40)37-25-30-46-44-18-8-11-21-51(44)58-54(46)33-37/h1-35H. The highest BCUT2D eigenvalue weighted by Crippen LogP contribution is 2.57. The number of anilines is 3. The van der Waals surface area contributed by atoms with Crippen LogP contribution < -0.4 is 4.90 Å². The summed E-state index contributed by atoms with van der Waals surface area (Å²) in [5.41, 5.74) is 13.1. The molecule has 0 radical (unpaired) electrons. The molecule has 272 valence electrons.